The number of carbonyl (C=O) groups is 2. The maximum Gasteiger partial charge on any atom is 0.324 e. The summed E-state index contributed by atoms with van der Waals surface area (Å²) in [6.07, 6.45) is 1.66. The van der Waals surface area contributed by atoms with Gasteiger partial charge in [0, 0.05) is 11.6 Å². The largest absolute Gasteiger partial charge is 0.465 e. The van der Waals surface area contributed by atoms with Gasteiger partial charge in [0.1, 0.15) is 0 Å². The first-order chi connectivity index (χ1) is 10.2. The topological polar surface area (TPSA) is 65.5 Å². The maximum atomic E-state index is 12.1. The number of ether oxygens (including phenoxy) is 2. The van der Waals surface area contributed by atoms with E-state index >= 15 is 0 Å². The number of fused-ring (bicyclic) bond motifs is 1. The van der Waals surface area contributed by atoms with Gasteiger partial charge in [0.2, 0.25) is 0 Å². The van der Waals surface area contributed by atoms with Crippen LogP contribution in [0, 0.1) is 0 Å². The summed E-state index contributed by atoms with van der Waals surface area (Å²) in [6.45, 7) is 3.81. The Morgan fingerprint density at radius 1 is 1.10 bits per heavy atom. The Hall–Kier alpha value is -2.43. The first-order valence-electron chi connectivity index (χ1n) is 6.85. The molecule has 0 aliphatic heterocycles. The van der Waals surface area contributed by atoms with E-state index in [1.165, 1.54) is 0 Å². The first kappa shape index (κ1) is 15.0. The molecule has 0 saturated heterocycles. The fraction of sp³-hybridized carbons (Fsp3) is 0.312. The number of rotatable bonds is 5. The molecule has 2 rings (SSSR count). The predicted octanol–water partition coefficient (Wildman–Crippen LogP) is 2.44. The Labute approximate surface area is 122 Å². The van der Waals surface area contributed by atoms with Crippen molar-refractivity contribution in [3.8, 4) is 0 Å². The molecule has 2 aromatic rings. The number of pyridine rings is 1. The van der Waals surface area contributed by atoms with E-state index in [0.717, 1.165) is 5.39 Å². The minimum atomic E-state index is -1.07. The zero-order valence-corrected chi connectivity index (χ0v) is 12.0. The molecule has 110 valence electrons. The summed E-state index contributed by atoms with van der Waals surface area (Å²) >= 11 is 0. The van der Waals surface area contributed by atoms with Crippen LogP contribution in [-0.2, 0) is 19.1 Å². The Bertz CT molecular complexity index is 636. The van der Waals surface area contributed by atoms with E-state index in [2.05, 4.69) is 4.98 Å². The summed E-state index contributed by atoms with van der Waals surface area (Å²) in [4.78, 5) is 28.3. The molecule has 0 radical (unpaired) electrons. The lowest BCUT2D eigenvalue weighted by atomic mass is 9.98. The van der Waals surface area contributed by atoms with E-state index in [0.29, 0.717) is 11.1 Å². The van der Waals surface area contributed by atoms with E-state index in [1.807, 2.05) is 18.2 Å². The third kappa shape index (κ3) is 3.37. The van der Waals surface area contributed by atoms with Gasteiger partial charge in [-0.2, -0.15) is 0 Å². The second-order valence-corrected chi connectivity index (χ2v) is 4.39. The van der Waals surface area contributed by atoms with Crippen molar-refractivity contribution in [1.82, 2.24) is 4.98 Å². The summed E-state index contributed by atoms with van der Waals surface area (Å²) < 4.78 is 9.96. The Morgan fingerprint density at radius 2 is 1.76 bits per heavy atom. The van der Waals surface area contributed by atoms with Crippen LogP contribution in [0.5, 0.6) is 0 Å². The number of aromatic nitrogens is 1. The Balaban J connectivity index is 2.41. The first-order valence-corrected chi connectivity index (χ1v) is 6.85. The fourth-order valence-electron chi connectivity index (χ4n) is 2.08. The molecule has 1 aromatic carbocycles. The highest BCUT2D eigenvalue weighted by Gasteiger charge is 2.31. The van der Waals surface area contributed by atoms with Crippen LogP contribution in [-0.4, -0.2) is 30.1 Å². The molecule has 21 heavy (non-hydrogen) atoms. The van der Waals surface area contributed by atoms with E-state index in [9.17, 15) is 9.59 Å². The van der Waals surface area contributed by atoms with Crippen molar-refractivity contribution >= 4 is 22.8 Å². The normalized spacial score (nSPS) is 10.6. The molecule has 0 bridgehead atoms. The molecule has 0 unspecified atom stereocenters. The van der Waals surface area contributed by atoms with Gasteiger partial charge in [-0.15, -0.1) is 0 Å². The van der Waals surface area contributed by atoms with Crippen molar-refractivity contribution in [2.75, 3.05) is 13.2 Å². The summed E-state index contributed by atoms with van der Waals surface area (Å²) in [5.74, 6) is -2.28. The van der Waals surface area contributed by atoms with E-state index in [4.69, 9.17) is 9.47 Å². The monoisotopic (exact) mass is 287 g/mol. The van der Waals surface area contributed by atoms with Crippen molar-refractivity contribution in [3.63, 3.8) is 0 Å². The highest BCUT2D eigenvalue weighted by Crippen LogP contribution is 2.23. The van der Waals surface area contributed by atoms with Gasteiger partial charge in [0.25, 0.3) is 0 Å². The zero-order valence-electron chi connectivity index (χ0n) is 12.0. The van der Waals surface area contributed by atoms with Gasteiger partial charge in [-0.25, -0.2) is 0 Å². The lowest BCUT2D eigenvalue weighted by Crippen LogP contribution is -2.26. The molecule has 0 atom stereocenters. The predicted molar refractivity (Wildman–Crippen MR) is 77.8 cm³/mol. The van der Waals surface area contributed by atoms with Crippen molar-refractivity contribution in [3.05, 3.63) is 42.1 Å². The summed E-state index contributed by atoms with van der Waals surface area (Å²) in [5, 5.41) is 0.938. The molecule has 5 heteroatoms. The number of hydrogen-bond donors (Lipinski definition) is 0. The zero-order chi connectivity index (χ0) is 15.2. The molecule has 0 N–H and O–H groups in total. The second kappa shape index (κ2) is 6.83. The lowest BCUT2D eigenvalue weighted by molar-refractivity contribution is -0.156. The van der Waals surface area contributed by atoms with Gasteiger partial charge in [-0.3, -0.25) is 14.6 Å². The minimum Gasteiger partial charge on any atom is -0.465 e. The van der Waals surface area contributed by atoms with Gasteiger partial charge < -0.3 is 9.47 Å². The second-order valence-electron chi connectivity index (χ2n) is 4.39. The van der Waals surface area contributed by atoms with Crippen LogP contribution in [0.25, 0.3) is 10.9 Å². The summed E-state index contributed by atoms with van der Waals surface area (Å²) in [6, 6.07) is 9.01. The van der Waals surface area contributed by atoms with Crippen molar-refractivity contribution in [1.29, 1.82) is 0 Å². The molecule has 1 aromatic heterocycles. The Morgan fingerprint density at radius 3 is 2.38 bits per heavy atom. The quantitative estimate of drug-likeness (QED) is 0.624. The molecular weight excluding hydrogens is 270 g/mol. The molecule has 0 spiro atoms. The van der Waals surface area contributed by atoms with Gasteiger partial charge in [-0.1, -0.05) is 18.2 Å². The molecule has 0 aliphatic carbocycles. The summed E-state index contributed by atoms with van der Waals surface area (Å²) in [7, 11) is 0. The smallest absolute Gasteiger partial charge is 0.324 e. The van der Waals surface area contributed by atoms with Crippen LogP contribution in [0.3, 0.4) is 0 Å². The van der Waals surface area contributed by atoms with Crippen molar-refractivity contribution < 1.29 is 19.1 Å². The fourth-order valence-corrected chi connectivity index (χ4v) is 2.08. The SMILES string of the molecule is CCOC(=O)C(C(=O)OCC)c1ccc2cccnc2c1. The van der Waals surface area contributed by atoms with Gasteiger partial charge in [0.15, 0.2) is 5.92 Å². The van der Waals surface area contributed by atoms with Gasteiger partial charge >= 0.3 is 11.9 Å². The average Bonchev–Trinajstić information content (AvgIpc) is 2.48. The molecule has 0 amide bonds. The Kier molecular flexibility index (Phi) is 4.87. The summed E-state index contributed by atoms with van der Waals surface area (Å²) in [5.41, 5.74) is 1.24. The lowest BCUT2D eigenvalue weighted by Gasteiger charge is -2.15. The highest BCUT2D eigenvalue weighted by molar-refractivity contribution is 6.01. The molecule has 0 fully saturated rings. The van der Waals surface area contributed by atoms with Crippen LogP contribution < -0.4 is 0 Å². The average molecular weight is 287 g/mol. The van der Waals surface area contributed by atoms with Crippen LogP contribution >= 0.6 is 0 Å². The van der Waals surface area contributed by atoms with Crippen LogP contribution in [0.1, 0.15) is 25.3 Å². The van der Waals surface area contributed by atoms with E-state index in [1.54, 1.807) is 32.2 Å². The maximum absolute atomic E-state index is 12.1. The molecule has 5 nitrogen and oxygen atoms in total. The van der Waals surface area contributed by atoms with Gasteiger partial charge in [-0.05, 0) is 31.5 Å². The highest BCUT2D eigenvalue weighted by atomic mass is 16.6. The van der Waals surface area contributed by atoms with Crippen LogP contribution in [0.15, 0.2) is 36.5 Å². The number of esters is 2. The number of carbonyl (C=O) groups excluding carboxylic acids is 2. The number of nitrogens with zero attached hydrogens (tertiary/aromatic N) is 1. The third-order valence-corrected chi connectivity index (χ3v) is 3.01. The molecule has 1 heterocycles. The minimum absolute atomic E-state index is 0.209. The third-order valence-electron chi connectivity index (χ3n) is 3.01. The van der Waals surface area contributed by atoms with Gasteiger partial charge in [0.05, 0.1) is 18.7 Å². The number of hydrogen-bond acceptors (Lipinski definition) is 5. The molecular formula is C16H17NO4. The van der Waals surface area contributed by atoms with Crippen molar-refractivity contribution in [2.45, 2.75) is 19.8 Å². The molecule has 0 aliphatic rings. The van der Waals surface area contributed by atoms with Crippen LogP contribution in [0.4, 0.5) is 0 Å². The van der Waals surface area contributed by atoms with E-state index in [-0.39, 0.29) is 13.2 Å². The molecule has 0 saturated carbocycles. The van der Waals surface area contributed by atoms with E-state index < -0.39 is 17.9 Å². The number of benzene rings is 1. The van der Waals surface area contributed by atoms with Crippen LogP contribution in [0.2, 0.25) is 0 Å². The van der Waals surface area contributed by atoms with Crippen molar-refractivity contribution in [2.24, 2.45) is 0 Å². The standard InChI is InChI=1S/C16H17NO4/c1-3-20-15(18)14(16(19)21-4-2)12-8-7-11-6-5-9-17-13(11)10-12/h5-10,14H,3-4H2,1-2H3.